The van der Waals surface area contributed by atoms with Gasteiger partial charge in [-0.25, -0.2) is 4.79 Å². The van der Waals surface area contributed by atoms with Gasteiger partial charge in [-0.05, 0) is 36.5 Å². The molecule has 0 bridgehead atoms. The van der Waals surface area contributed by atoms with Gasteiger partial charge >= 0.3 is 6.16 Å². The quantitative estimate of drug-likeness (QED) is 0.558. The average molecular weight is 369 g/mol. The zero-order valence-corrected chi connectivity index (χ0v) is 17.6. The van der Waals surface area contributed by atoms with Gasteiger partial charge in [0.1, 0.15) is 0 Å². The lowest BCUT2D eigenvalue weighted by molar-refractivity contribution is -0.151. The number of carbonyl (C=O) groups excluding carboxylic acids is 1. The molecule has 152 valence electrons. The summed E-state index contributed by atoms with van der Waals surface area (Å²) in [7, 11) is 0. The zero-order chi connectivity index (χ0) is 19.7. The van der Waals surface area contributed by atoms with Crippen molar-refractivity contribution in [1.82, 2.24) is 0 Å². The molecule has 6 unspecified atom stereocenters. The van der Waals surface area contributed by atoms with Gasteiger partial charge in [0, 0.05) is 24.7 Å². The maximum Gasteiger partial charge on any atom is 0.511 e. The highest BCUT2D eigenvalue weighted by atomic mass is 16.8. The Hall–Kier alpha value is -0.810. The topological polar surface area (TPSA) is 87.6 Å². The molecule has 2 aliphatic rings. The van der Waals surface area contributed by atoms with E-state index in [1.54, 1.807) is 0 Å². The molecule has 2 rings (SSSR count). The summed E-state index contributed by atoms with van der Waals surface area (Å²) in [4.78, 5) is 12.7. The number of hydrogen-bond donors (Lipinski definition) is 2. The monoisotopic (exact) mass is 368 g/mol. The number of carbonyl (C=O) groups is 1. The lowest BCUT2D eigenvalue weighted by Crippen LogP contribution is -2.59. The number of ether oxygens (including phenoxy) is 2. The molecule has 0 aromatic rings. The molecule has 2 aliphatic carbocycles. The van der Waals surface area contributed by atoms with E-state index in [4.69, 9.17) is 20.9 Å². The van der Waals surface area contributed by atoms with Gasteiger partial charge in [0.15, 0.2) is 11.4 Å². The van der Waals surface area contributed by atoms with Crippen LogP contribution in [-0.2, 0) is 9.47 Å². The molecule has 0 aromatic carbocycles. The molecule has 2 fully saturated rings. The van der Waals surface area contributed by atoms with Gasteiger partial charge in [0.2, 0.25) is 0 Å². The van der Waals surface area contributed by atoms with Crippen LogP contribution in [0.25, 0.3) is 0 Å². The second-order valence-electron chi connectivity index (χ2n) is 9.84. The average Bonchev–Trinajstić information content (AvgIpc) is 2.44. The first-order chi connectivity index (χ1) is 12.0. The Balaban J connectivity index is 2.12. The molecule has 0 amide bonds. The summed E-state index contributed by atoms with van der Waals surface area (Å²) < 4.78 is 11.6. The first kappa shape index (κ1) is 21.5. The van der Waals surface area contributed by atoms with Gasteiger partial charge in [-0.3, -0.25) is 11.5 Å². The van der Waals surface area contributed by atoms with Gasteiger partial charge in [-0.2, -0.15) is 0 Å². The Labute approximate surface area is 159 Å². The van der Waals surface area contributed by atoms with Crippen LogP contribution in [0.3, 0.4) is 0 Å². The van der Waals surface area contributed by atoms with Crippen molar-refractivity contribution < 1.29 is 14.3 Å². The van der Waals surface area contributed by atoms with Crippen molar-refractivity contribution in [1.29, 1.82) is 0 Å². The fourth-order valence-electron chi connectivity index (χ4n) is 5.37. The molecule has 2 saturated carbocycles. The largest absolute Gasteiger partial charge is 0.511 e. The minimum Gasteiger partial charge on any atom is -0.412 e. The van der Waals surface area contributed by atoms with Crippen LogP contribution < -0.4 is 11.5 Å². The molecule has 0 saturated heterocycles. The molecule has 26 heavy (non-hydrogen) atoms. The van der Waals surface area contributed by atoms with E-state index in [2.05, 4.69) is 41.5 Å². The maximum atomic E-state index is 12.7. The van der Waals surface area contributed by atoms with Crippen LogP contribution in [0.15, 0.2) is 0 Å². The molecule has 0 spiro atoms. The third-order valence-corrected chi connectivity index (χ3v) is 6.69. The minimum atomic E-state index is -0.965. The first-order valence-corrected chi connectivity index (χ1v) is 10.5. The predicted molar refractivity (Wildman–Crippen MR) is 104 cm³/mol. The van der Waals surface area contributed by atoms with Crippen molar-refractivity contribution >= 4 is 6.16 Å². The van der Waals surface area contributed by atoms with Crippen molar-refractivity contribution in [2.75, 3.05) is 0 Å². The molecular weight excluding hydrogens is 328 g/mol. The van der Waals surface area contributed by atoms with E-state index in [1.165, 1.54) is 0 Å². The van der Waals surface area contributed by atoms with E-state index in [1.807, 2.05) is 0 Å². The lowest BCUT2D eigenvalue weighted by Gasteiger charge is -2.47. The Morgan fingerprint density at radius 1 is 0.808 bits per heavy atom. The predicted octanol–water partition coefficient (Wildman–Crippen LogP) is 4.63. The highest BCUT2D eigenvalue weighted by molar-refractivity contribution is 5.61. The van der Waals surface area contributed by atoms with Gasteiger partial charge in [0.25, 0.3) is 0 Å². The van der Waals surface area contributed by atoms with Crippen LogP contribution in [-0.4, -0.2) is 17.6 Å². The number of rotatable bonds is 4. The molecule has 0 heterocycles. The van der Waals surface area contributed by atoms with E-state index in [0.29, 0.717) is 36.5 Å². The van der Waals surface area contributed by atoms with Crippen LogP contribution in [0.4, 0.5) is 4.79 Å². The minimum absolute atomic E-state index is 0.145. The molecule has 0 aromatic heterocycles. The van der Waals surface area contributed by atoms with Crippen molar-refractivity contribution in [2.24, 2.45) is 47.0 Å². The van der Waals surface area contributed by atoms with Crippen LogP contribution in [0.1, 0.15) is 80.1 Å². The summed E-state index contributed by atoms with van der Waals surface area (Å²) in [6, 6.07) is 0. The fraction of sp³-hybridized carbons (Fsp3) is 0.952. The first-order valence-electron chi connectivity index (χ1n) is 10.5. The SMILES string of the molecule is CC1CCC(C(C)C)C(N)(OC(=O)OC2(N)CC(C)CCC2C(C)C)C1. The number of nitrogens with two attached hydrogens (primary N) is 2. The maximum absolute atomic E-state index is 12.7. The van der Waals surface area contributed by atoms with Gasteiger partial charge < -0.3 is 9.47 Å². The number of hydrogen-bond acceptors (Lipinski definition) is 5. The highest BCUT2D eigenvalue weighted by Gasteiger charge is 2.48. The lowest BCUT2D eigenvalue weighted by atomic mass is 9.71. The van der Waals surface area contributed by atoms with E-state index in [9.17, 15) is 4.79 Å². The Morgan fingerprint density at radius 2 is 1.15 bits per heavy atom. The summed E-state index contributed by atoms with van der Waals surface area (Å²) >= 11 is 0. The molecule has 6 atom stereocenters. The highest BCUT2D eigenvalue weighted by Crippen LogP contribution is 2.43. The summed E-state index contributed by atoms with van der Waals surface area (Å²) in [5, 5.41) is 0. The molecule has 4 N–H and O–H groups in total. The van der Waals surface area contributed by atoms with E-state index in [-0.39, 0.29) is 11.8 Å². The van der Waals surface area contributed by atoms with Crippen LogP contribution >= 0.6 is 0 Å². The van der Waals surface area contributed by atoms with Crippen LogP contribution in [0.5, 0.6) is 0 Å². The van der Waals surface area contributed by atoms with Gasteiger partial charge in [-0.15, -0.1) is 0 Å². The normalized spacial score (nSPS) is 41.3. The smallest absolute Gasteiger partial charge is 0.412 e. The van der Waals surface area contributed by atoms with Crippen molar-refractivity contribution in [3.63, 3.8) is 0 Å². The molecule has 0 aliphatic heterocycles. The van der Waals surface area contributed by atoms with Gasteiger partial charge in [-0.1, -0.05) is 54.4 Å². The molecule has 0 radical (unpaired) electrons. The van der Waals surface area contributed by atoms with Crippen LogP contribution in [0, 0.1) is 35.5 Å². The van der Waals surface area contributed by atoms with E-state index < -0.39 is 17.6 Å². The van der Waals surface area contributed by atoms with Crippen molar-refractivity contribution in [3.05, 3.63) is 0 Å². The van der Waals surface area contributed by atoms with E-state index in [0.717, 1.165) is 25.7 Å². The summed E-state index contributed by atoms with van der Waals surface area (Å²) in [5.74, 6) is 1.87. The second kappa shape index (κ2) is 8.05. The van der Waals surface area contributed by atoms with Gasteiger partial charge in [0.05, 0.1) is 0 Å². The molecular formula is C21H40N2O3. The third kappa shape index (κ3) is 4.72. The van der Waals surface area contributed by atoms with Crippen molar-refractivity contribution in [2.45, 2.75) is 91.5 Å². The Morgan fingerprint density at radius 3 is 1.46 bits per heavy atom. The van der Waals surface area contributed by atoms with E-state index >= 15 is 0 Å². The summed E-state index contributed by atoms with van der Waals surface area (Å²) in [6.45, 7) is 12.9. The third-order valence-electron chi connectivity index (χ3n) is 6.69. The standard InChI is InChI=1S/C21H40N2O3/c1-13(2)17-9-7-15(5)11-20(17,22)25-19(24)26-21(23)12-16(6)8-10-18(21)14(3)4/h13-18H,7-12,22-23H2,1-6H3. The Bertz CT molecular complexity index is 454. The molecule has 5 heteroatoms. The van der Waals surface area contributed by atoms with Crippen molar-refractivity contribution in [3.8, 4) is 0 Å². The fourth-order valence-corrected chi connectivity index (χ4v) is 5.37. The van der Waals surface area contributed by atoms with Crippen LogP contribution in [0.2, 0.25) is 0 Å². The zero-order valence-electron chi connectivity index (χ0n) is 17.6. The summed E-state index contributed by atoms with van der Waals surface area (Å²) in [5.41, 5.74) is 11.3. The Kier molecular flexibility index (Phi) is 6.66. The summed E-state index contributed by atoms with van der Waals surface area (Å²) in [6.07, 6.45) is 4.83. The molecule has 5 nitrogen and oxygen atoms in total. The second-order valence-corrected chi connectivity index (χ2v) is 9.84.